The molecule has 33 heavy (non-hydrogen) atoms. The van der Waals surface area contributed by atoms with Gasteiger partial charge in [-0.3, -0.25) is 4.68 Å². The molecular formula is C22H22FN7O2S. The van der Waals surface area contributed by atoms with Gasteiger partial charge in [0.1, 0.15) is 11.3 Å². The number of nitrogens with zero attached hydrogens (tertiary/aromatic N) is 5. The molecule has 0 spiro atoms. The molecule has 3 heterocycles. The average molecular weight is 468 g/mol. The van der Waals surface area contributed by atoms with Crippen LogP contribution >= 0.6 is 0 Å². The van der Waals surface area contributed by atoms with Crippen molar-refractivity contribution in [3.63, 3.8) is 0 Å². The molecule has 0 aliphatic carbocycles. The number of benzene rings is 2. The maximum atomic E-state index is 14.5. The lowest BCUT2D eigenvalue weighted by Gasteiger charge is -2.19. The highest BCUT2D eigenvalue weighted by Crippen LogP contribution is 2.37. The highest BCUT2D eigenvalue weighted by atomic mass is 32.2. The minimum atomic E-state index is -3.59. The highest BCUT2D eigenvalue weighted by molar-refractivity contribution is 7.89. The van der Waals surface area contributed by atoms with E-state index in [2.05, 4.69) is 25.1 Å². The standard InChI is InChI=1S/C22H22FN7O2S/c1-22(2)16-6-5-14(10-18(16)33(31,32)28-22)25-21-24-8-7-19(26-21)30(4)15-9-13-12-29(3)27-20(13)17(23)11-15/h5-12,28H,1-4H3,(H,24,25,26). The van der Waals surface area contributed by atoms with E-state index in [9.17, 15) is 12.8 Å². The first-order valence-electron chi connectivity index (χ1n) is 10.2. The van der Waals surface area contributed by atoms with Crippen molar-refractivity contribution in [2.45, 2.75) is 24.3 Å². The lowest BCUT2D eigenvalue weighted by Crippen LogP contribution is -2.32. The Kier molecular flexibility index (Phi) is 4.66. The fourth-order valence-corrected chi connectivity index (χ4v) is 5.82. The van der Waals surface area contributed by atoms with Gasteiger partial charge in [0.2, 0.25) is 16.0 Å². The van der Waals surface area contributed by atoms with Gasteiger partial charge >= 0.3 is 0 Å². The lowest BCUT2D eigenvalue weighted by molar-refractivity contribution is 0.494. The molecule has 11 heteroatoms. The minimum Gasteiger partial charge on any atom is -0.329 e. The summed E-state index contributed by atoms with van der Waals surface area (Å²) >= 11 is 0. The number of hydrogen-bond acceptors (Lipinski definition) is 7. The molecule has 2 aromatic heterocycles. The fourth-order valence-electron chi connectivity index (χ4n) is 4.03. The fraction of sp³-hybridized carbons (Fsp3) is 0.227. The van der Waals surface area contributed by atoms with E-state index in [1.54, 1.807) is 60.3 Å². The predicted molar refractivity (Wildman–Crippen MR) is 124 cm³/mol. The summed E-state index contributed by atoms with van der Waals surface area (Å²) in [5.74, 6) is 0.398. The Morgan fingerprint density at radius 2 is 1.97 bits per heavy atom. The van der Waals surface area contributed by atoms with Gasteiger partial charge in [-0.15, -0.1) is 0 Å². The van der Waals surface area contributed by atoms with E-state index in [-0.39, 0.29) is 10.8 Å². The van der Waals surface area contributed by atoms with Crippen molar-refractivity contribution in [2.75, 3.05) is 17.3 Å². The van der Waals surface area contributed by atoms with E-state index in [1.165, 1.54) is 6.07 Å². The van der Waals surface area contributed by atoms with Gasteiger partial charge in [-0.25, -0.2) is 22.5 Å². The van der Waals surface area contributed by atoms with E-state index >= 15 is 0 Å². The van der Waals surface area contributed by atoms with E-state index < -0.39 is 21.4 Å². The SMILES string of the molecule is CN(c1cc(F)c2nn(C)cc2c1)c1ccnc(Nc2ccc3c(c2)S(=O)(=O)NC3(C)C)n1. The van der Waals surface area contributed by atoms with E-state index in [0.29, 0.717) is 33.7 Å². The first-order valence-corrected chi connectivity index (χ1v) is 11.7. The largest absolute Gasteiger partial charge is 0.329 e. The molecule has 2 N–H and O–H groups in total. The number of nitrogens with one attached hydrogen (secondary N) is 2. The molecule has 0 bridgehead atoms. The first-order chi connectivity index (χ1) is 15.5. The van der Waals surface area contributed by atoms with Gasteiger partial charge in [0.15, 0.2) is 5.82 Å². The number of aryl methyl sites for hydroxylation is 1. The van der Waals surface area contributed by atoms with Gasteiger partial charge < -0.3 is 10.2 Å². The van der Waals surface area contributed by atoms with Gasteiger partial charge in [0.25, 0.3) is 0 Å². The molecule has 0 fully saturated rings. The van der Waals surface area contributed by atoms with Crippen LogP contribution in [0.3, 0.4) is 0 Å². The van der Waals surface area contributed by atoms with Crippen LogP contribution in [0.2, 0.25) is 0 Å². The minimum absolute atomic E-state index is 0.228. The summed E-state index contributed by atoms with van der Waals surface area (Å²) in [7, 11) is -0.0683. The Bertz CT molecular complexity index is 1510. The predicted octanol–water partition coefficient (Wildman–Crippen LogP) is 3.54. The van der Waals surface area contributed by atoms with Crippen LogP contribution in [-0.4, -0.2) is 35.2 Å². The summed E-state index contributed by atoms with van der Waals surface area (Å²) in [6.07, 6.45) is 3.33. The normalized spacial score (nSPS) is 16.0. The van der Waals surface area contributed by atoms with E-state index in [4.69, 9.17) is 0 Å². The van der Waals surface area contributed by atoms with Gasteiger partial charge in [0, 0.05) is 43.3 Å². The molecular weight excluding hydrogens is 445 g/mol. The summed E-state index contributed by atoms with van der Waals surface area (Å²) in [5.41, 5.74) is 1.49. The van der Waals surface area contributed by atoms with Crippen molar-refractivity contribution >= 4 is 44.1 Å². The second kappa shape index (κ2) is 7.22. The van der Waals surface area contributed by atoms with Crippen LogP contribution in [-0.2, 0) is 22.6 Å². The second-order valence-corrected chi connectivity index (χ2v) is 10.2. The molecule has 0 unspecified atom stereocenters. The highest BCUT2D eigenvalue weighted by Gasteiger charge is 2.39. The summed E-state index contributed by atoms with van der Waals surface area (Å²) < 4.78 is 43.7. The number of anilines is 4. The molecule has 5 rings (SSSR count). The molecule has 1 aliphatic heterocycles. The molecule has 0 atom stereocenters. The molecule has 1 aliphatic rings. The van der Waals surface area contributed by atoms with Crippen molar-refractivity contribution in [1.29, 1.82) is 0 Å². The van der Waals surface area contributed by atoms with Crippen LogP contribution in [0.4, 0.5) is 27.5 Å². The van der Waals surface area contributed by atoms with E-state index in [0.717, 1.165) is 0 Å². The third kappa shape index (κ3) is 3.68. The van der Waals surface area contributed by atoms with Crippen molar-refractivity contribution in [3.8, 4) is 0 Å². The zero-order valence-corrected chi connectivity index (χ0v) is 19.3. The molecule has 0 saturated heterocycles. The van der Waals surface area contributed by atoms with Crippen LogP contribution < -0.4 is 14.9 Å². The zero-order chi connectivity index (χ0) is 23.5. The van der Waals surface area contributed by atoms with Crippen LogP contribution in [0.15, 0.2) is 53.7 Å². The van der Waals surface area contributed by atoms with Gasteiger partial charge in [-0.2, -0.15) is 10.1 Å². The van der Waals surface area contributed by atoms with Gasteiger partial charge in [-0.05, 0) is 49.7 Å². The second-order valence-electron chi connectivity index (χ2n) is 8.53. The quantitative estimate of drug-likeness (QED) is 0.473. The molecule has 0 radical (unpaired) electrons. The Balaban J connectivity index is 1.45. The number of halogens is 1. The van der Waals surface area contributed by atoms with Gasteiger partial charge in [0.05, 0.1) is 10.4 Å². The zero-order valence-electron chi connectivity index (χ0n) is 18.5. The van der Waals surface area contributed by atoms with Crippen molar-refractivity contribution in [2.24, 2.45) is 7.05 Å². The van der Waals surface area contributed by atoms with E-state index in [1.807, 2.05) is 19.9 Å². The number of sulfonamides is 1. The van der Waals surface area contributed by atoms with Gasteiger partial charge in [-0.1, -0.05) is 6.07 Å². The number of hydrogen-bond donors (Lipinski definition) is 2. The Labute approximate surface area is 190 Å². The lowest BCUT2D eigenvalue weighted by atomic mass is 9.95. The third-order valence-corrected chi connectivity index (χ3v) is 7.32. The smallest absolute Gasteiger partial charge is 0.241 e. The summed E-state index contributed by atoms with van der Waals surface area (Å²) in [6.45, 7) is 3.63. The molecule has 170 valence electrons. The topological polar surface area (TPSA) is 105 Å². The number of rotatable bonds is 4. The van der Waals surface area contributed by atoms with Crippen molar-refractivity contribution < 1.29 is 12.8 Å². The molecule has 0 saturated carbocycles. The summed E-state index contributed by atoms with van der Waals surface area (Å²) in [4.78, 5) is 10.7. The van der Waals surface area contributed by atoms with Crippen LogP contribution in [0.25, 0.3) is 10.9 Å². The summed E-state index contributed by atoms with van der Waals surface area (Å²) in [5, 5.41) is 7.88. The Hall–Kier alpha value is -3.57. The number of fused-ring (bicyclic) bond motifs is 2. The first kappa shape index (κ1) is 21.3. The molecule has 2 aromatic carbocycles. The van der Waals surface area contributed by atoms with Crippen LogP contribution in [0.5, 0.6) is 0 Å². The molecule has 4 aromatic rings. The maximum absolute atomic E-state index is 14.5. The molecule has 9 nitrogen and oxygen atoms in total. The maximum Gasteiger partial charge on any atom is 0.241 e. The van der Waals surface area contributed by atoms with Crippen LogP contribution in [0, 0.1) is 5.82 Å². The number of aromatic nitrogens is 4. The Morgan fingerprint density at radius 3 is 2.76 bits per heavy atom. The Morgan fingerprint density at radius 1 is 1.18 bits per heavy atom. The van der Waals surface area contributed by atoms with Crippen molar-refractivity contribution in [1.82, 2.24) is 24.5 Å². The van der Waals surface area contributed by atoms with Crippen molar-refractivity contribution in [3.05, 3.63) is 60.2 Å². The average Bonchev–Trinajstić information content (AvgIpc) is 3.21. The molecule has 0 amide bonds. The summed E-state index contributed by atoms with van der Waals surface area (Å²) in [6, 6.07) is 10.1. The van der Waals surface area contributed by atoms with Crippen LogP contribution in [0.1, 0.15) is 19.4 Å². The third-order valence-electron chi connectivity index (χ3n) is 5.62. The monoisotopic (exact) mass is 467 g/mol.